The number of nitrogens with zero attached hydrogens (tertiary/aromatic N) is 1. The van der Waals surface area contributed by atoms with Crippen LogP contribution in [-0.2, 0) is 16.0 Å². The van der Waals surface area contributed by atoms with Crippen molar-refractivity contribution in [2.75, 3.05) is 11.4 Å². The van der Waals surface area contributed by atoms with Gasteiger partial charge < -0.3 is 10.0 Å². The number of anilines is 1. The fourth-order valence-corrected chi connectivity index (χ4v) is 3.44. The lowest BCUT2D eigenvalue weighted by molar-refractivity contribution is -0.141. The molecule has 0 radical (unpaired) electrons. The summed E-state index contributed by atoms with van der Waals surface area (Å²) < 4.78 is 0. The molecule has 1 aliphatic heterocycles. The number of carbonyl (C=O) groups is 2. The molecule has 20 heavy (non-hydrogen) atoms. The van der Waals surface area contributed by atoms with Crippen molar-refractivity contribution in [2.24, 2.45) is 11.8 Å². The number of hydrogen-bond acceptors (Lipinski definition) is 2. The third-order valence-electron chi connectivity index (χ3n) is 4.33. The topological polar surface area (TPSA) is 57.6 Å². The van der Waals surface area contributed by atoms with Crippen molar-refractivity contribution in [3.63, 3.8) is 0 Å². The third kappa shape index (κ3) is 2.29. The Kier molecular flexibility index (Phi) is 3.42. The van der Waals surface area contributed by atoms with Crippen molar-refractivity contribution in [1.82, 2.24) is 0 Å². The molecule has 0 spiro atoms. The molecule has 0 bridgehead atoms. The van der Waals surface area contributed by atoms with Crippen LogP contribution in [0, 0.1) is 11.8 Å². The minimum atomic E-state index is -0.783. The van der Waals surface area contributed by atoms with Crippen LogP contribution >= 0.6 is 11.6 Å². The molecule has 2 atom stereocenters. The van der Waals surface area contributed by atoms with Gasteiger partial charge in [0.1, 0.15) is 0 Å². The molecule has 2 unspecified atom stereocenters. The Labute approximate surface area is 122 Å². The van der Waals surface area contributed by atoms with E-state index in [9.17, 15) is 9.59 Å². The van der Waals surface area contributed by atoms with Crippen LogP contribution in [0.5, 0.6) is 0 Å². The average molecular weight is 294 g/mol. The molecule has 1 saturated carbocycles. The standard InChI is InChI=1S/C15H16ClNO3/c16-12-3-4-13-9(8-12)5-6-17(13)14(18)10-1-2-11(7-10)15(19)20/h3-4,8,10-11H,1-2,5-7H2,(H,19,20). The van der Waals surface area contributed by atoms with Gasteiger partial charge in [-0.05, 0) is 49.4 Å². The highest BCUT2D eigenvalue weighted by Gasteiger charge is 2.37. The summed E-state index contributed by atoms with van der Waals surface area (Å²) in [6, 6.07) is 5.58. The number of amides is 1. The molecule has 1 N–H and O–H groups in total. The molecule has 0 aromatic heterocycles. The summed E-state index contributed by atoms with van der Waals surface area (Å²) in [5, 5.41) is 9.71. The molecule has 3 rings (SSSR count). The van der Waals surface area contributed by atoms with Crippen molar-refractivity contribution >= 4 is 29.2 Å². The monoisotopic (exact) mass is 293 g/mol. The first-order valence-electron chi connectivity index (χ1n) is 6.89. The van der Waals surface area contributed by atoms with Crippen LogP contribution in [0.15, 0.2) is 18.2 Å². The van der Waals surface area contributed by atoms with E-state index in [1.165, 1.54) is 0 Å². The molecule has 2 aliphatic rings. The van der Waals surface area contributed by atoms with E-state index in [1.807, 2.05) is 12.1 Å². The van der Waals surface area contributed by atoms with Gasteiger partial charge in [0.15, 0.2) is 0 Å². The second-order valence-electron chi connectivity index (χ2n) is 5.56. The van der Waals surface area contributed by atoms with Gasteiger partial charge in [-0.25, -0.2) is 0 Å². The maximum atomic E-state index is 12.6. The highest BCUT2D eigenvalue weighted by atomic mass is 35.5. The Bertz CT molecular complexity index is 572. The van der Waals surface area contributed by atoms with Crippen LogP contribution in [0.4, 0.5) is 5.69 Å². The lowest BCUT2D eigenvalue weighted by atomic mass is 10.0. The van der Waals surface area contributed by atoms with Gasteiger partial charge >= 0.3 is 5.97 Å². The minimum Gasteiger partial charge on any atom is -0.481 e. The third-order valence-corrected chi connectivity index (χ3v) is 4.57. The summed E-state index contributed by atoms with van der Waals surface area (Å²) in [5.74, 6) is -1.24. The first-order chi connectivity index (χ1) is 9.56. The molecule has 106 valence electrons. The summed E-state index contributed by atoms with van der Waals surface area (Å²) in [5.41, 5.74) is 2.02. The van der Waals surface area contributed by atoms with Gasteiger partial charge in [-0.1, -0.05) is 11.6 Å². The zero-order valence-corrected chi connectivity index (χ0v) is 11.8. The normalized spacial score (nSPS) is 24.8. The Morgan fingerprint density at radius 2 is 2.00 bits per heavy atom. The lowest BCUT2D eigenvalue weighted by Gasteiger charge is -2.21. The van der Waals surface area contributed by atoms with E-state index in [4.69, 9.17) is 16.7 Å². The van der Waals surface area contributed by atoms with Gasteiger partial charge in [-0.3, -0.25) is 9.59 Å². The van der Waals surface area contributed by atoms with Gasteiger partial charge in [0.2, 0.25) is 5.91 Å². The predicted octanol–water partition coefficient (Wildman–Crippen LogP) is 2.73. The number of carboxylic acid groups (broad SMARTS) is 1. The molecule has 1 fully saturated rings. The molecule has 1 aromatic carbocycles. The van der Waals surface area contributed by atoms with E-state index >= 15 is 0 Å². The van der Waals surface area contributed by atoms with E-state index < -0.39 is 5.97 Å². The van der Waals surface area contributed by atoms with E-state index in [2.05, 4.69) is 0 Å². The van der Waals surface area contributed by atoms with Crippen LogP contribution < -0.4 is 4.90 Å². The summed E-state index contributed by atoms with van der Waals surface area (Å²) in [6.07, 6.45) is 2.56. The first-order valence-corrected chi connectivity index (χ1v) is 7.26. The molecule has 4 nitrogen and oxygen atoms in total. The number of fused-ring (bicyclic) bond motifs is 1. The van der Waals surface area contributed by atoms with E-state index in [-0.39, 0.29) is 17.7 Å². The molecular weight excluding hydrogens is 278 g/mol. The molecule has 1 aromatic rings. The Morgan fingerprint density at radius 3 is 2.70 bits per heavy atom. The number of aliphatic carboxylic acids is 1. The highest BCUT2D eigenvalue weighted by Crippen LogP contribution is 2.36. The zero-order chi connectivity index (χ0) is 14.3. The highest BCUT2D eigenvalue weighted by molar-refractivity contribution is 6.30. The first kappa shape index (κ1) is 13.4. The smallest absolute Gasteiger partial charge is 0.306 e. The van der Waals surface area contributed by atoms with Crippen LogP contribution in [0.2, 0.25) is 5.02 Å². The van der Waals surface area contributed by atoms with Crippen molar-refractivity contribution in [2.45, 2.75) is 25.7 Å². The fourth-order valence-electron chi connectivity index (χ4n) is 3.25. The van der Waals surface area contributed by atoms with Gasteiger partial charge in [-0.2, -0.15) is 0 Å². The van der Waals surface area contributed by atoms with Gasteiger partial charge in [0.05, 0.1) is 5.92 Å². The molecular formula is C15H16ClNO3. The Morgan fingerprint density at radius 1 is 1.25 bits per heavy atom. The average Bonchev–Trinajstić information content (AvgIpc) is 3.04. The predicted molar refractivity (Wildman–Crippen MR) is 76.0 cm³/mol. The quantitative estimate of drug-likeness (QED) is 0.912. The summed E-state index contributed by atoms with van der Waals surface area (Å²) in [7, 11) is 0. The zero-order valence-electron chi connectivity index (χ0n) is 11.0. The van der Waals surface area contributed by atoms with E-state index in [1.54, 1.807) is 11.0 Å². The van der Waals surface area contributed by atoms with Crippen molar-refractivity contribution in [3.8, 4) is 0 Å². The molecule has 1 aliphatic carbocycles. The second-order valence-corrected chi connectivity index (χ2v) is 5.99. The molecule has 1 heterocycles. The van der Waals surface area contributed by atoms with Crippen molar-refractivity contribution < 1.29 is 14.7 Å². The van der Waals surface area contributed by atoms with Crippen LogP contribution in [0.25, 0.3) is 0 Å². The molecule has 5 heteroatoms. The maximum Gasteiger partial charge on any atom is 0.306 e. The minimum absolute atomic E-state index is 0.0647. The van der Waals surface area contributed by atoms with Crippen LogP contribution in [0.3, 0.4) is 0 Å². The molecule has 0 saturated heterocycles. The van der Waals surface area contributed by atoms with Crippen LogP contribution in [0.1, 0.15) is 24.8 Å². The largest absolute Gasteiger partial charge is 0.481 e. The Hall–Kier alpha value is -1.55. The fraction of sp³-hybridized carbons (Fsp3) is 0.467. The number of benzene rings is 1. The summed E-state index contributed by atoms with van der Waals surface area (Å²) >= 11 is 5.96. The van der Waals surface area contributed by atoms with Gasteiger partial charge in [0.25, 0.3) is 0 Å². The van der Waals surface area contributed by atoms with E-state index in [0.717, 1.165) is 17.7 Å². The number of hydrogen-bond donors (Lipinski definition) is 1. The number of carboxylic acids is 1. The van der Waals surface area contributed by atoms with Gasteiger partial charge in [-0.15, -0.1) is 0 Å². The molecule has 1 amide bonds. The maximum absolute atomic E-state index is 12.6. The number of carbonyl (C=O) groups excluding carboxylic acids is 1. The SMILES string of the molecule is O=C(O)C1CCC(C(=O)N2CCc3cc(Cl)ccc32)C1. The number of halogens is 1. The summed E-state index contributed by atoms with van der Waals surface area (Å²) in [6.45, 7) is 0.669. The second kappa shape index (κ2) is 5.09. The summed E-state index contributed by atoms with van der Waals surface area (Å²) in [4.78, 5) is 25.3. The van der Waals surface area contributed by atoms with E-state index in [0.29, 0.717) is 30.8 Å². The lowest BCUT2D eigenvalue weighted by Crippen LogP contribution is -2.34. The van der Waals surface area contributed by atoms with Crippen LogP contribution in [-0.4, -0.2) is 23.5 Å². The van der Waals surface area contributed by atoms with Crippen molar-refractivity contribution in [1.29, 1.82) is 0 Å². The Balaban J connectivity index is 1.76. The van der Waals surface area contributed by atoms with Crippen molar-refractivity contribution in [3.05, 3.63) is 28.8 Å². The van der Waals surface area contributed by atoms with Gasteiger partial charge in [0, 0.05) is 23.2 Å². The number of rotatable bonds is 2.